The first-order valence-electron chi connectivity index (χ1n) is 7.92. The van der Waals surface area contributed by atoms with Gasteiger partial charge in [0.05, 0.1) is 0 Å². The lowest BCUT2D eigenvalue weighted by molar-refractivity contribution is 0.483. The highest BCUT2D eigenvalue weighted by Gasteiger charge is 2.04. The van der Waals surface area contributed by atoms with E-state index in [-0.39, 0.29) is 5.82 Å². The fourth-order valence-electron chi connectivity index (χ4n) is 2.59. The fourth-order valence-corrected chi connectivity index (χ4v) is 2.59. The molecule has 0 aliphatic heterocycles. The summed E-state index contributed by atoms with van der Waals surface area (Å²) in [6, 6.07) is 16.4. The molecule has 2 N–H and O–H groups in total. The smallest absolute Gasteiger partial charge is 0.134 e. The number of nitrogens with zero attached hydrogens (tertiary/aromatic N) is 1. The van der Waals surface area contributed by atoms with Crippen LogP contribution in [-0.4, -0.2) is 9.97 Å². The van der Waals surface area contributed by atoms with Crippen molar-refractivity contribution in [1.82, 2.24) is 9.97 Å². The molecule has 25 heavy (non-hydrogen) atoms. The number of benzene rings is 2. The normalized spacial score (nSPS) is 10.8. The van der Waals surface area contributed by atoms with Crippen LogP contribution in [0.5, 0.6) is 11.5 Å². The monoisotopic (exact) mass is 333 g/mol. The van der Waals surface area contributed by atoms with E-state index >= 15 is 0 Å². The summed E-state index contributed by atoms with van der Waals surface area (Å²) in [5.41, 5.74) is 2.31. The summed E-state index contributed by atoms with van der Waals surface area (Å²) in [5.74, 6) is 1.73. The number of fused-ring (bicyclic) bond motifs is 1. The van der Waals surface area contributed by atoms with Crippen LogP contribution >= 0.6 is 0 Å². The van der Waals surface area contributed by atoms with Crippen molar-refractivity contribution in [2.75, 3.05) is 5.32 Å². The third kappa shape index (κ3) is 3.30. The van der Waals surface area contributed by atoms with Gasteiger partial charge in [0, 0.05) is 35.1 Å². The summed E-state index contributed by atoms with van der Waals surface area (Å²) in [6.07, 6.45) is 3.54. The maximum Gasteiger partial charge on any atom is 0.134 e. The van der Waals surface area contributed by atoms with Crippen molar-refractivity contribution in [3.8, 4) is 11.5 Å². The lowest BCUT2D eigenvalue weighted by Gasteiger charge is -2.09. The van der Waals surface area contributed by atoms with Gasteiger partial charge in [-0.05, 0) is 55.0 Å². The number of halogens is 1. The number of nitrogens with one attached hydrogen (secondary N) is 2. The maximum absolute atomic E-state index is 13.7. The molecule has 0 aliphatic rings. The van der Waals surface area contributed by atoms with Gasteiger partial charge >= 0.3 is 0 Å². The minimum absolute atomic E-state index is 0.253. The van der Waals surface area contributed by atoms with Crippen molar-refractivity contribution >= 4 is 22.4 Å². The van der Waals surface area contributed by atoms with Crippen LogP contribution in [0.1, 0.15) is 5.56 Å². The van der Waals surface area contributed by atoms with Crippen LogP contribution in [0.15, 0.2) is 67.0 Å². The zero-order valence-corrected chi connectivity index (χ0v) is 13.6. The van der Waals surface area contributed by atoms with E-state index in [0.29, 0.717) is 22.8 Å². The molecule has 4 aromatic rings. The average molecular weight is 333 g/mol. The Bertz CT molecular complexity index is 1040. The van der Waals surface area contributed by atoms with Crippen LogP contribution in [0.2, 0.25) is 0 Å². The SMILES string of the molecule is Cc1ccc(Nc2cc(Oc3ccc4[nH]ccc4c3)ccn2)cc1F. The Morgan fingerprint density at radius 2 is 1.88 bits per heavy atom. The minimum atomic E-state index is -0.253. The number of hydrogen-bond acceptors (Lipinski definition) is 3. The molecule has 2 aromatic carbocycles. The Morgan fingerprint density at radius 1 is 1.00 bits per heavy atom. The molecule has 0 saturated carbocycles. The first kappa shape index (κ1) is 15.2. The van der Waals surface area contributed by atoms with E-state index in [0.717, 1.165) is 16.7 Å². The van der Waals surface area contributed by atoms with Crippen LogP contribution in [-0.2, 0) is 0 Å². The van der Waals surface area contributed by atoms with Gasteiger partial charge in [0.15, 0.2) is 0 Å². The van der Waals surface area contributed by atoms with Gasteiger partial charge in [-0.25, -0.2) is 9.37 Å². The van der Waals surface area contributed by atoms with Gasteiger partial charge in [0.25, 0.3) is 0 Å². The Hall–Kier alpha value is -3.34. The summed E-state index contributed by atoms with van der Waals surface area (Å²) in [4.78, 5) is 7.40. The van der Waals surface area contributed by atoms with Gasteiger partial charge < -0.3 is 15.0 Å². The second-order valence-corrected chi connectivity index (χ2v) is 5.79. The molecule has 0 saturated heterocycles. The topological polar surface area (TPSA) is 49.9 Å². The molecule has 5 heteroatoms. The molecule has 0 radical (unpaired) electrons. The van der Waals surface area contributed by atoms with Crippen LogP contribution < -0.4 is 10.1 Å². The van der Waals surface area contributed by atoms with Gasteiger partial charge in [-0.3, -0.25) is 0 Å². The highest BCUT2D eigenvalue weighted by Crippen LogP contribution is 2.27. The molecule has 4 nitrogen and oxygen atoms in total. The van der Waals surface area contributed by atoms with Gasteiger partial charge in [-0.2, -0.15) is 0 Å². The zero-order chi connectivity index (χ0) is 17.2. The van der Waals surface area contributed by atoms with Crippen LogP contribution in [0.4, 0.5) is 15.9 Å². The number of pyridine rings is 1. The molecule has 0 spiro atoms. The quantitative estimate of drug-likeness (QED) is 0.515. The molecule has 0 atom stereocenters. The van der Waals surface area contributed by atoms with E-state index in [2.05, 4.69) is 15.3 Å². The fraction of sp³-hybridized carbons (Fsp3) is 0.0500. The molecule has 0 aliphatic carbocycles. The number of rotatable bonds is 4. The number of ether oxygens (including phenoxy) is 1. The third-order valence-corrected chi connectivity index (χ3v) is 3.94. The van der Waals surface area contributed by atoms with E-state index < -0.39 is 0 Å². The van der Waals surface area contributed by atoms with Gasteiger partial charge in [-0.1, -0.05) is 6.07 Å². The van der Waals surface area contributed by atoms with E-state index in [1.165, 1.54) is 6.07 Å². The summed E-state index contributed by atoms with van der Waals surface area (Å²) >= 11 is 0. The number of aromatic nitrogens is 2. The third-order valence-electron chi connectivity index (χ3n) is 3.94. The Balaban J connectivity index is 1.55. The lowest BCUT2D eigenvalue weighted by Crippen LogP contribution is -1.95. The zero-order valence-electron chi connectivity index (χ0n) is 13.6. The predicted molar refractivity (Wildman–Crippen MR) is 97.0 cm³/mol. The number of H-pyrrole nitrogens is 1. The molecular formula is C20H16FN3O. The van der Waals surface area contributed by atoms with E-state index in [1.807, 2.05) is 36.5 Å². The lowest BCUT2D eigenvalue weighted by atomic mass is 10.2. The number of aromatic amines is 1. The van der Waals surface area contributed by atoms with Crippen molar-refractivity contribution in [2.24, 2.45) is 0 Å². The molecule has 0 amide bonds. The van der Waals surface area contributed by atoms with Crippen molar-refractivity contribution in [3.05, 3.63) is 78.4 Å². The Labute approximate surface area is 144 Å². The highest BCUT2D eigenvalue weighted by atomic mass is 19.1. The van der Waals surface area contributed by atoms with Crippen molar-refractivity contribution in [3.63, 3.8) is 0 Å². The van der Waals surface area contributed by atoms with Crippen LogP contribution in [0, 0.1) is 12.7 Å². The average Bonchev–Trinajstić information content (AvgIpc) is 3.06. The summed E-state index contributed by atoms with van der Waals surface area (Å²) in [7, 11) is 0. The van der Waals surface area contributed by atoms with Gasteiger partial charge in [0.2, 0.25) is 0 Å². The van der Waals surface area contributed by atoms with Crippen LogP contribution in [0.3, 0.4) is 0 Å². The standard InChI is InChI=1S/C20H16FN3O/c1-13-2-3-15(11-18(13)21)24-20-12-17(7-9-23-20)25-16-4-5-19-14(10-16)6-8-22-19/h2-12,22H,1H3,(H,23,24). The molecule has 0 bridgehead atoms. The second kappa shape index (κ2) is 6.28. The summed E-state index contributed by atoms with van der Waals surface area (Å²) in [5, 5.41) is 4.17. The maximum atomic E-state index is 13.7. The summed E-state index contributed by atoms with van der Waals surface area (Å²) in [6.45, 7) is 1.73. The van der Waals surface area contributed by atoms with Crippen molar-refractivity contribution < 1.29 is 9.13 Å². The molecule has 124 valence electrons. The highest BCUT2D eigenvalue weighted by molar-refractivity contribution is 5.80. The number of aryl methyl sites for hydroxylation is 1. The Morgan fingerprint density at radius 3 is 2.76 bits per heavy atom. The molecule has 0 fully saturated rings. The molecule has 2 aromatic heterocycles. The minimum Gasteiger partial charge on any atom is -0.457 e. The number of anilines is 2. The molecule has 0 unspecified atom stereocenters. The molecule has 2 heterocycles. The summed E-state index contributed by atoms with van der Waals surface area (Å²) < 4.78 is 19.6. The van der Waals surface area contributed by atoms with Crippen molar-refractivity contribution in [2.45, 2.75) is 6.92 Å². The largest absolute Gasteiger partial charge is 0.457 e. The van der Waals surface area contributed by atoms with Gasteiger partial charge in [0.1, 0.15) is 23.1 Å². The second-order valence-electron chi connectivity index (χ2n) is 5.79. The predicted octanol–water partition coefficient (Wildman–Crippen LogP) is 5.55. The van der Waals surface area contributed by atoms with Crippen LogP contribution in [0.25, 0.3) is 10.9 Å². The Kier molecular flexibility index (Phi) is 3.82. The van der Waals surface area contributed by atoms with Gasteiger partial charge in [-0.15, -0.1) is 0 Å². The number of hydrogen-bond donors (Lipinski definition) is 2. The van der Waals surface area contributed by atoms with E-state index in [1.54, 1.807) is 31.3 Å². The van der Waals surface area contributed by atoms with Crippen molar-refractivity contribution in [1.29, 1.82) is 0 Å². The molecule has 4 rings (SSSR count). The first-order valence-corrected chi connectivity index (χ1v) is 7.92. The van der Waals surface area contributed by atoms with E-state index in [9.17, 15) is 4.39 Å². The molecular weight excluding hydrogens is 317 g/mol. The first-order chi connectivity index (χ1) is 12.2. The van der Waals surface area contributed by atoms with E-state index in [4.69, 9.17) is 4.74 Å².